The van der Waals surface area contributed by atoms with Crippen molar-refractivity contribution in [2.24, 2.45) is 0 Å². The zero-order valence-corrected chi connectivity index (χ0v) is 10.5. The summed E-state index contributed by atoms with van der Waals surface area (Å²) in [6.07, 6.45) is 1.82. The van der Waals surface area contributed by atoms with Crippen LogP contribution in [0.15, 0.2) is 29.9 Å². The second-order valence-corrected chi connectivity index (χ2v) is 4.69. The number of hydrogen-bond acceptors (Lipinski definition) is 3. The number of aromatic nitrogens is 1. The topological polar surface area (TPSA) is 22.1 Å². The van der Waals surface area contributed by atoms with Crippen LogP contribution in [0.1, 0.15) is 16.0 Å². The molecule has 0 amide bonds. The van der Waals surface area contributed by atoms with E-state index < -0.39 is 0 Å². The molecule has 0 bridgehead atoms. The van der Waals surface area contributed by atoms with E-state index in [2.05, 4.69) is 4.98 Å². The quantitative estimate of drug-likeness (QED) is 0.774. The van der Waals surface area contributed by atoms with Gasteiger partial charge in [-0.25, -0.2) is 0 Å². The van der Waals surface area contributed by atoms with Crippen molar-refractivity contribution in [2.45, 2.75) is 19.4 Å². The molecule has 0 atom stereocenters. The number of benzene rings is 1. The highest BCUT2D eigenvalue weighted by Crippen LogP contribution is 2.26. The summed E-state index contributed by atoms with van der Waals surface area (Å²) in [5.74, 6) is 1.37. The molecule has 0 radical (unpaired) electrons. The maximum Gasteiger partial charge on any atom is 0.127 e. The van der Waals surface area contributed by atoms with Crippen LogP contribution in [0, 0.1) is 6.92 Å². The molecule has 0 aliphatic heterocycles. The third-order valence-corrected chi connectivity index (χ3v) is 3.32. The van der Waals surface area contributed by atoms with Gasteiger partial charge in [0.15, 0.2) is 0 Å². The average Bonchev–Trinajstić information content (AvgIpc) is 2.80. The molecular weight excluding hydrogens is 242 g/mol. The Kier molecular flexibility index (Phi) is 3.80. The van der Waals surface area contributed by atoms with Gasteiger partial charge in [0.2, 0.25) is 0 Å². The van der Waals surface area contributed by atoms with Crippen molar-refractivity contribution in [3.05, 3.63) is 45.9 Å². The maximum atomic E-state index is 5.87. The molecule has 0 N–H and O–H groups in total. The number of thiazole rings is 1. The normalized spacial score (nSPS) is 10.4. The van der Waals surface area contributed by atoms with Crippen LogP contribution in [-0.2, 0) is 12.5 Å². The second-order valence-electron chi connectivity index (χ2n) is 3.45. The van der Waals surface area contributed by atoms with Gasteiger partial charge in [0.25, 0.3) is 0 Å². The SMILES string of the molecule is Cc1cccc(CCl)c1OCc1cncs1. The molecular formula is C12H12ClNOS. The third-order valence-electron chi connectivity index (χ3n) is 2.28. The number of aryl methyl sites for hydroxylation is 1. The molecule has 0 fully saturated rings. The second kappa shape index (κ2) is 5.32. The molecule has 1 aromatic carbocycles. The summed E-state index contributed by atoms with van der Waals surface area (Å²) in [7, 11) is 0. The van der Waals surface area contributed by atoms with Crippen molar-refractivity contribution >= 4 is 22.9 Å². The van der Waals surface area contributed by atoms with Gasteiger partial charge in [-0.15, -0.1) is 22.9 Å². The summed E-state index contributed by atoms with van der Waals surface area (Å²) >= 11 is 7.47. The van der Waals surface area contributed by atoms with E-state index in [1.54, 1.807) is 16.8 Å². The van der Waals surface area contributed by atoms with E-state index >= 15 is 0 Å². The number of halogens is 1. The van der Waals surface area contributed by atoms with Crippen LogP contribution < -0.4 is 4.74 Å². The van der Waals surface area contributed by atoms with Crippen LogP contribution in [0.4, 0.5) is 0 Å². The number of nitrogens with zero attached hydrogens (tertiary/aromatic N) is 1. The largest absolute Gasteiger partial charge is 0.487 e. The van der Waals surface area contributed by atoms with E-state index in [9.17, 15) is 0 Å². The smallest absolute Gasteiger partial charge is 0.127 e. The third kappa shape index (κ3) is 2.54. The molecule has 4 heteroatoms. The standard InChI is InChI=1S/C12H12ClNOS/c1-9-3-2-4-10(5-13)12(9)15-7-11-6-14-8-16-11/h2-4,6,8H,5,7H2,1H3. The molecule has 1 aromatic heterocycles. The van der Waals surface area contributed by atoms with Crippen LogP contribution >= 0.6 is 22.9 Å². The van der Waals surface area contributed by atoms with Crippen LogP contribution in [0.3, 0.4) is 0 Å². The fraction of sp³-hybridized carbons (Fsp3) is 0.250. The highest BCUT2D eigenvalue weighted by Gasteiger charge is 2.06. The number of rotatable bonds is 4. The molecule has 16 heavy (non-hydrogen) atoms. The Hall–Kier alpha value is -1.06. The molecule has 0 unspecified atom stereocenters. The Labute approximate surface area is 104 Å². The van der Waals surface area contributed by atoms with Gasteiger partial charge in [0, 0.05) is 11.8 Å². The van der Waals surface area contributed by atoms with Crippen LogP contribution in [0.5, 0.6) is 5.75 Å². The highest BCUT2D eigenvalue weighted by molar-refractivity contribution is 7.09. The lowest BCUT2D eigenvalue weighted by Crippen LogP contribution is -1.98. The molecule has 0 spiro atoms. The minimum absolute atomic E-state index is 0.472. The Morgan fingerprint density at radius 1 is 1.44 bits per heavy atom. The predicted octanol–water partition coefficient (Wildman–Crippen LogP) is 3.77. The van der Waals surface area contributed by atoms with Crippen molar-refractivity contribution in [3.63, 3.8) is 0 Å². The zero-order chi connectivity index (χ0) is 11.4. The van der Waals surface area contributed by atoms with E-state index in [1.807, 2.05) is 31.3 Å². The minimum Gasteiger partial charge on any atom is -0.487 e. The van der Waals surface area contributed by atoms with E-state index in [1.165, 1.54) is 0 Å². The molecule has 0 aliphatic carbocycles. The predicted molar refractivity (Wildman–Crippen MR) is 67.2 cm³/mol. The van der Waals surface area contributed by atoms with Crippen molar-refractivity contribution in [2.75, 3.05) is 0 Å². The minimum atomic E-state index is 0.472. The average molecular weight is 254 g/mol. The monoisotopic (exact) mass is 253 g/mol. The van der Waals surface area contributed by atoms with Gasteiger partial charge in [-0.1, -0.05) is 18.2 Å². The summed E-state index contributed by atoms with van der Waals surface area (Å²) in [5.41, 5.74) is 3.95. The summed E-state index contributed by atoms with van der Waals surface area (Å²) in [6.45, 7) is 2.58. The van der Waals surface area contributed by atoms with Crippen molar-refractivity contribution in [1.82, 2.24) is 4.98 Å². The first-order valence-corrected chi connectivity index (χ1v) is 6.37. The molecule has 0 saturated heterocycles. The van der Waals surface area contributed by atoms with E-state index in [4.69, 9.17) is 16.3 Å². The Bertz CT molecular complexity index is 456. The first kappa shape index (κ1) is 11.4. The van der Waals surface area contributed by atoms with Crippen LogP contribution in [0.2, 0.25) is 0 Å². The number of para-hydroxylation sites is 1. The molecule has 0 saturated carbocycles. The summed E-state index contributed by atoms with van der Waals surface area (Å²) < 4.78 is 5.79. The summed E-state index contributed by atoms with van der Waals surface area (Å²) in [4.78, 5) is 5.13. The molecule has 2 rings (SSSR count). The number of ether oxygens (including phenoxy) is 1. The summed E-state index contributed by atoms with van der Waals surface area (Å²) in [5, 5.41) is 0. The van der Waals surface area contributed by atoms with E-state index in [0.29, 0.717) is 12.5 Å². The molecule has 0 aliphatic rings. The lowest BCUT2D eigenvalue weighted by molar-refractivity contribution is 0.305. The zero-order valence-electron chi connectivity index (χ0n) is 8.94. The van der Waals surface area contributed by atoms with Gasteiger partial charge in [-0.05, 0) is 12.5 Å². The van der Waals surface area contributed by atoms with Gasteiger partial charge in [-0.3, -0.25) is 4.98 Å². The lowest BCUT2D eigenvalue weighted by Gasteiger charge is -2.11. The lowest BCUT2D eigenvalue weighted by atomic mass is 10.1. The fourth-order valence-electron chi connectivity index (χ4n) is 1.48. The highest BCUT2D eigenvalue weighted by atomic mass is 35.5. The Morgan fingerprint density at radius 3 is 3.00 bits per heavy atom. The number of hydrogen-bond donors (Lipinski definition) is 0. The van der Waals surface area contributed by atoms with Crippen LogP contribution in [-0.4, -0.2) is 4.98 Å². The Morgan fingerprint density at radius 2 is 2.31 bits per heavy atom. The Balaban J connectivity index is 2.14. The fourth-order valence-corrected chi connectivity index (χ4v) is 2.20. The van der Waals surface area contributed by atoms with Crippen molar-refractivity contribution in [1.29, 1.82) is 0 Å². The molecule has 2 nitrogen and oxygen atoms in total. The van der Waals surface area contributed by atoms with Gasteiger partial charge in [0.1, 0.15) is 12.4 Å². The first-order valence-electron chi connectivity index (χ1n) is 4.96. The van der Waals surface area contributed by atoms with Gasteiger partial charge < -0.3 is 4.74 Å². The number of alkyl halides is 1. The van der Waals surface area contributed by atoms with Crippen molar-refractivity contribution in [3.8, 4) is 5.75 Å². The van der Waals surface area contributed by atoms with E-state index in [0.717, 1.165) is 21.8 Å². The van der Waals surface area contributed by atoms with Crippen LogP contribution in [0.25, 0.3) is 0 Å². The van der Waals surface area contributed by atoms with Crippen molar-refractivity contribution < 1.29 is 4.74 Å². The summed E-state index contributed by atoms with van der Waals surface area (Å²) in [6, 6.07) is 6.01. The molecule has 1 heterocycles. The van der Waals surface area contributed by atoms with Gasteiger partial charge in [-0.2, -0.15) is 0 Å². The first-order chi connectivity index (χ1) is 7.81. The molecule has 2 aromatic rings. The molecule has 84 valence electrons. The van der Waals surface area contributed by atoms with E-state index in [-0.39, 0.29) is 0 Å². The van der Waals surface area contributed by atoms with Gasteiger partial charge >= 0.3 is 0 Å². The van der Waals surface area contributed by atoms with Gasteiger partial charge in [0.05, 0.1) is 16.3 Å². The maximum absolute atomic E-state index is 5.87.